The highest BCUT2D eigenvalue weighted by Crippen LogP contribution is 2.35. The SMILES string of the molecule is COC(=O)c1cccn1C1CCN(C(=O)c2c(-c3c(F)cccc3Cl)noc2C)CC1. The zero-order valence-corrected chi connectivity index (χ0v) is 17.9. The second-order valence-electron chi connectivity index (χ2n) is 7.37. The summed E-state index contributed by atoms with van der Waals surface area (Å²) in [5, 5.41) is 4.07. The molecule has 0 atom stereocenters. The second kappa shape index (κ2) is 8.55. The fourth-order valence-electron chi connectivity index (χ4n) is 4.01. The molecule has 0 N–H and O–H groups in total. The fraction of sp³-hybridized carbons (Fsp3) is 0.318. The molecule has 0 aliphatic carbocycles. The summed E-state index contributed by atoms with van der Waals surface area (Å²) in [4.78, 5) is 26.9. The molecule has 9 heteroatoms. The number of aromatic nitrogens is 2. The van der Waals surface area contributed by atoms with Crippen molar-refractivity contribution >= 4 is 23.5 Å². The number of aryl methyl sites for hydroxylation is 1. The van der Waals surface area contributed by atoms with E-state index >= 15 is 0 Å². The van der Waals surface area contributed by atoms with Crippen molar-refractivity contribution in [3.8, 4) is 11.3 Å². The highest BCUT2D eigenvalue weighted by atomic mass is 35.5. The Morgan fingerprint density at radius 1 is 1.23 bits per heavy atom. The van der Waals surface area contributed by atoms with Crippen LogP contribution in [0.1, 0.15) is 45.5 Å². The van der Waals surface area contributed by atoms with Crippen molar-refractivity contribution < 1.29 is 23.2 Å². The highest BCUT2D eigenvalue weighted by molar-refractivity contribution is 6.33. The smallest absolute Gasteiger partial charge is 0.354 e. The van der Waals surface area contributed by atoms with Gasteiger partial charge in [0.2, 0.25) is 0 Å². The van der Waals surface area contributed by atoms with Gasteiger partial charge < -0.3 is 18.7 Å². The van der Waals surface area contributed by atoms with Crippen LogP contribution < -0.4 is 0 Å². The third kappa shape index (κ3) is 3.83. The topological polar surface area (TPSA) is 77.6 Å². The number of esters is 1. The van der Waals surface area contributed by atoms with E-state index in [1.165, 1.54) is 19.2 Å². The van der Waals surface area contributed by atoms with E-state index in [9.17, 15) is 14.0 Å². The van der Waals surface area contributed by atoms with E-state index in [4.69, 9.17) is 20.9 Å². The van der Waals surface area contributed by atoms with E-state index in [0.717, 1.165) is 0 Å². The minimum absolute atomic E-state index is 0.0503. The Kier molecular flexibility index (Phi) is 5.82. The summed E-state index contributed by atoms with van der Waals surface area (Å²) in [6.07, 6.45) is 3.16. The Morgan fingerprint density at radius 2 is 1.97 bits per heavy atom. The zero-order valence-electron chi connectivity index (χ0n) is 17.1. The molecule has 0 unspecified atom stereocenters. The lowest BCUT2D eigenvalue weighted by molar-refractivity contribution is 0.0573. The highest BCUT2D eigenvalue weighted by Gasteiger charge is 2.32. The van der Waals surface area contributed by atoms with Crippen LogP contribution in [0.4, 0.5) is 4.39 Å². The van der Waals surface area contributed by atoms with Gasteiger partial charge in [-0.25, -0.2) is 9.18 Å². The zero-order chi connectivity index (χ0) is 22.1. The average molecular weight is 446 g/mol. The molecule has 3 aromatic rings. The van der Waals surface area contributed by atoms with Crippen molar-refractivity contribution in [3.63, 3.8) is 0 Å². The van der Waals surface area contributed by atoms with Gasteiger partial charge in [0, 0.05) is 25.3 Å². The Labute approximate surface area is 183 Å². The third-order valence-electron chi connectivity index (χ3n) is 5.59. The largest absolute Gasteiger partial charge is 0.464 e. The number of amides is 1. The lowest BCUT2D eigenvalue weighted by atomic mass is 10.0. The minimum atomic E-state index is -0.573. The van der Waals surface area contributed by atoms with Gasteiger partial charge in [-0.3, -0.25) is 4.79 Å². The van der Waals surface area contributed by atoms with Gasteiger partial charge in [0.1, 0.15) is 28.5 Å². The van der Waals surface area contributed by atoms with Crippen molar-refractivity contribution in [2.75, 3.05) is 20.2 Å². The van der Waals surface area contributed by atoms with Crippen LogP contribution in [0.25, 0.3) is 11.3 Å². The molecule has 1 fully saturated rings. The summed E-state index contributed by atoms with van der Waals surface area (Å²) in [6, 6.07) is 7.88. The fourth-order valence-corrected chi connectivity index (χ4v) is 4.27. The van der Waals surface area contributed by atoms with Crippen LogP contribution in [-0.2, 0) is 4.74 Å². The van der Waals surface area contributed by atoms with Crippen LogP contribution in [0.15, 0.2) is 41.1 Å². The predicted molar refractivity (Wildman–Crippen MR) is 112 cm³/mol. The van der Waals surface area contributed by atoms with Gasteiger partial charge in [0.25, 0.3) is 5.91 Å². The number of methoxy groups -OCH3 is 1. The predicted octanol–water partition coefficient (Wildman–Crippen LogP) is 4.51. The molecule has 0 saturated carbocycles. The first kappa shape index (κ1) is 21.1. The van der Waals surface area contributed by atoms with Gasteiger partial charge in [-0.2, -0.15) is 0 Å². The van der Waals surface area contributed by atoms with E-state index in [-0.39, 0.29) is 33.8 Å². The van der Waals surface area contributed by atoms with Crippen LogP contribution in [-0.4, -0.2) is 46.7 Å². The van der Waals surface area contributed by atoms with Gasteiger partial charge in [-0.1, -0.05) is 22.8 Å². The Bertz CT molecular complexity index is 1110. The van der Waals surface area contributed by atoms with Gasteiger partial charge >= 0.3 is 5.97 Å². The van der Waals surface area contributed by atoms with Crippen LogP contribution in [0.3, 0.4) is 0 Å². The molecule has 7 nitrogen and oxygen atoms in total. The quantitative estimate of drug-likeness (QED) is 0.552. The van der Waals surface area contributed by atoms with Crippen molar-refractivity contribution in [2.24, 2.45) is 0 Å². The summed E-state index contributed by atoms with van der Waals surface area (Å²) < 4.78 is 26.4. The van der Waals surface area contributed by atoms with Crippen molar-refractivity contribution in [1.82, 2.24) is 14.6 Å². The number of likely N-dealkylation sites (tertiary alicyclic amines) is 1. The number of rotatable bonds is 4. The second-order valence-corrected chi connectivity index (χ2v) is 7.78. The van der Waals surface area contributed by atoms with Gasteiger partial charge in [0.05, 0.1) is 17.7 Å². The maximum Gasteiger partial charge on any atom is 0.354 e. The number of hydrogen-bond donors (Lipinski definition) is 0. The summed E-state index contributed by atoms with van der Waals surface area (Å²) in [5.41, 5.74) is 0.848. The first-order valence-electron chi connectivity index (χ1n) is 9.87. The molecule has 31 heavy (non-hydrogen) atoms. The number of nitrogens with zero attached hydrogens (tertiary/aromatic N) is 3. The summed E-state index contributed by atoms with van der Waals surface area (Å²) in [6.45, 7) is 2.56. The van der Waals surface area contributed by atoms with E-state index in [0.29, 0.717) is 37.4 Å². The van der Waals surface area contributed by atoms with Crippen molar-refractivity contribution in [2.45, 2.75) is 25.8 Å². The van der Waals surface area contributed by atoms with E-state index < -0.39 is 11.8 Å². The number of piperidine rings is 1. The standard InChI is InChI=1S/C22H21ClFN3O4/c1-13-18(20(25-31-13)19-15(23)5-3-6-16(19)24)21(28)26-11-8-14(9-12-26)27-10-4-7-17(27)22(29)30-2/h3-7,10,14H,8-9,11-12H2,1-2H3. The Balaban J connectivity index is 1.55. The third-order valence-corrected chi connectivity index (χ3v) is 5.91. The van der Waals surface area contributed by atoms with Crippen LogP contribution in [0.5, 0.6) is 0 Å². The number of hydrogen-bond acceptors (Lipinski definition) is 5. The van der Waals surface area contributed by atoms with Crippen LogP contribution in [0, 0.1) is 12.7 Å². The number of ether oxygens (including phenoxy) is 1. The molecule has 3 heterocycles. The lowest BCUT2D eigenvalue weighted by Gasteiger charge is -2.33. The van der Waals surface area contributed by atoms with Crippen LogP contribution >= 0.6 is 11.6 Å². The molecule has 1 aliphatic heterocycles. The number of benzene rings is 1. The van der Waals surface area contributed by atoms with E-state index in [1.807, 2.05) is 10.8 Å². The Morgan fingerprint density at radius 3 is 2.65 bits per heavy atom. The number of carbonyl (C=O) groups excluding carboxylic acids is 2. The molecular weight excluding hydrogens is 425 g/mol. The average Bonchev–Trinajstić information content (AvgIpc) is 3.40. The summed E-state index contributed by atoms with van der Waals surface area (Å²) in [5.74, 6) is -0.946. The number of carbonyl (C=O) groups is 2. The normalized spacial score (nSPS) is 14.6. The molecule has 0 bridgehead atoms. The molecule has 1 aromatic carbocycles. The molecule has 0 radical (unpaired) electrons. The maximum atomic E-state index is 14.4. The monoisotopic (exact) mass is 445 g/mol. The molecule has 0 spiro atoms. The molecule has 162 valence electrons. The molecule has 1 aliphatic rings. The number of halogens is 2. The van der Waals surface area contributed by atoms with Crippen molar-refractivity contribution in [1.29, 1.82) is 0 Å². The molecule has 4 rings (SSSR count). The van der Waals surface area contributed by atoms with Crippen LogP contribution in [0.2, 0.25) is 5.02 Å². The maximum absolute atomic E-state index is 14.4. The first-order chi connectivity index (χ1) is 14.9. The molecular formula is C22H21ClFN3O4. The summed E-state index contributed by atoms with van der Waals surface area (Å²) >= 11 is 6.18. The minimum Gasteiger partial charge on any atom is -0.464 e. The first-order valence-corrected chi connectivity index (χ1v) is 10.2. The summed E-state index contributed by atoms with van der Waals surface area (Å²) in [7, 11) is 1.35. The lowest BCUT2D eigenvalue weighted by Crippen LogP contribution is -2.39. The van der Waals surface area contributed by atoms with E-state index in [1.54, 1.807) is 30.0 Å². The molecule has 1 amide bonds. The molecule has 2 aromatic heterocycles. The van der Waals surface area contributed by atoms with Gasteiger partial charge in [-0.05, 0) is 44.0 Å². The van der Waals surface area contributed by atoms with Gasteiger partial charge in [0.15, 0.2) is 0 Å². The Hall–Kier alpha value is -3.13. The van der Waals surface area contributed by atoms with Gasteiger partial charge in [-0.15, -0.1) is 0 Å². The molecule has 1 saturated heterocycles. The van der Waals surface area contributed by atoms with Crippen molar-refractivity contribution in [3.05, 3.63) is 64.4 Å². The van der Waals surface area contributed by atoms with E-state index in [2.05, 4.69) is 5.16 Å².